The molecule has 5 heteroatoms. The van der Waals surface area contributed by atoms with E-state index in [-0.39, 0.29) is 23.9 Å². The van der Waals surface area contributed by atoms with E-state index in [0.29, 0.717) is 0 Å². The molecular weight excluding hydrogens is 230 g/mol. The van der Waals surface area contributed by atoms with Crippen LogP contribution in [0, 0.1) is 5.92 Å². The maximum Gasteiger partial charge on any atom is 0.346 e. The molecular formula is C13H19N3O2. The molecule has 1 aromatic rings. The molecule has 0 atom stereocenters. The van der Waals surface area contributed by atoms with Crippen molar-refractivity contribution in [1.29, 1.82) is 0 Å². The molecule has 0 amide bonds. The summed E-state index contributed by atoms with van der Waals surface area (Å²) < 4.78 is 3.10. The lowest BCUT2D eigenvalue weighted by atomic mass is 10.0. The predicted molar refractivity (Wildman–Crippen MR) is 66.4 cm³/mol. The van der Waals surface area contributed by atoms with Gasteiger partial charge in [0.05, 0.1) is 0 Å². The van der Waals surface area contributed by atoms with Crippen LogP contribution in [0.15, 0.2) is 4.79 Å². The van der Waals surface area contributed by atoms with Gasteiger partial charge in [-0.25, -0.2) is 9.48 Å². The van der Waals surface area contributed by atoms with Gasteiger partial charge >= 0.3 is 5.69 Å². The molecule has 0 unspecified atom stereocenters. The molecule has 1 fully saturated rings. The number of Topliss-reactive ketones (excluding diaryl/α,β-unsaturated/α-hetero) is 1. The van der Waals surface area contributed by atoms with Gasteiger partial charge in [0.15, 0.2) is 5.78 Å². The smallest absolute Gasteiger partial charge is 0.297 e. The van der Waals surface area contributed by atoms with E-state index < -0.39 is 0 Å². The van der Waals surface area contributed by atoms with Crippen molar-refractivity contribution in [2.24, 2.45) is 5.92 Å². The van der Waals surface area contributed by atoms with Crippen molar-refractivity contribution >= 4 is 5.78 Å². The first-order valence-corrected chi connectivity index (χ1v) is 6.95. The summed E-state index contributed by atoms with van der Waals surface area (Å²) in [5.41, 5.74) is -0.101. The van der Waals surface area contributed by atoms with Crippen molar-refractivity contribution in [3.63, 3.8) is 0 Å². The fraction of sp³-hybridized carbons (Fsp3) is 0.769. The fourth-order valence-electron chi connectivity index (χ4n) is 3.08. The first-order chi connectivity index (χ1) is 8.75. The summed E-state index contributed by atoms with van der Waals surface area (Å²) in [4.78, 5) is 24.1. The molecule has 0 aromatic carbocycles. The predicted octanol–water partition coefficient (Wildman–Crippen LogP) is 1.14. The van der Waals surface area contributed by atoms with Crippen LogP contribution in [0.25, 0.3) is 0 Å². The minimum absolute atomic E-state index is 0.101. The highest BCUT2D eigenvalue weighted by Crippen LogP contribution is 2.25. The first-order valence-electron chi connectivity index (χ1n) is 6.95. The maximum absolute atomic E-state index is 12.1. The van der Waals surface area contributed by atoms with Gasteiger partial charge in [-0.05, 0) is 25.7 Å². The fourth-order valence-corrected chi connectivity index (χ4v) is 3.08. The standard InChI is InChI=1S/C13H19N3O2/c17-11(10-5-1-2-6-10)9-16-13(18)15-8-4-3-7-12(15)14-16/h10H,1-9H2. The molecule has 1 aliphatic carbocycles. The van der Waals surface area contributed by atoms with Crippen LogP contribution < -0.4 is 5.69 Å². The van der Waals surface area contributed by atoms with Crippen molar-refractivity contribution < 1.29 is 4.79 Å². The molecule has 98 valence electrons. The summed E-state index contributed by atoms with van der Waals surface area (Å²) in [5.74, 6) is 1.20. The average Bonchev–Trinajstić information content (AvgIpc) is 3.00. The van der Waals surface area contributed by atoms with Crippen LogP contribution in [-0.4, -0.2) is 20.1 Å². The van der Waals surface area contributed by atoms with Crippen molar-refractivity contribution in [3.05, 3.63) is 16.3 Å². The van der Waals surface area contributed by atoms with E-state index in [9.17, 15) is 9.59 Å². The number of fused-ring (bicyclic) bond motifs is 1. The van der Waals surface area contributed by atoms with Crippen molar-refractivity contribution in [1.82, 2.24) is 14.3 Å². The number of aryl methyl sites for hydroxylation is 1. The normalized spacial score (nSPS) is 20.0. The highest BCUT2D eigenvalue weighted by Gasteiger charge is 2.25. The Bertz CT molecular complexity index is 509. The van der Waals surface area contributed by atoms with Crippen LogP contribution in [0.1, 0.15) is 44.3 Å². The number of hydrogen-bond donors (Lipinski definition) is 0. The Labute approximate surface area is 106 Å². The lowest BCUT2D eigenvalue weighted by Crippen LogP contribution is -2.30. The summed E-state index contributed by atoms with van der Waals surface area (Å²) in [5, 5.41) is 4.31. The van der Waals surface area contributed by atoms with Gasteiger partial charge in [-0.1, -0.05) is 12.8 Å². The zero-order valence-electron chi connectivity index (χ0n) is 10.6. The molecule has 2 heterocycles. The Morgan fingerprint density at radius 2 is 2.00 bits per heavy atom. The largest absolute Gasteiger partial charge is 0.346 e. The van der Waals surface area contributed by atoms with E-state index in [0.717, 1.165) is 57.3 Å². The summed E-state index contributed by atoms with van der Waals surface area (Å²) in [6.07, 6.45) is 7.25. The Morgan fingerprint density at radius 3 is 2.72 bits per heavy atom. The number of ketones is 1. The third-order valence-electron chi connectivity index (χ3n) is 4.15. The van der Waals surface area contributed by atoms with Gasteiger partial charge in [-0.2, -0.15) is 5.10 Å². The third kappa shape index (κ3) is 2.02. The Kier molecular flexibility index (Phi) is 3.06. The highest BCUT2D eigenvalue weighted by molar-refractivity contribution is 5.80. The Balaban J connectivity index is 1.78. The van der Waals surface area contributed by atoms with Gasteiger partial charge < -0.3 is 0 Å². The zero-order valence-corrected chi connectivity index (χ0v) is 10.6. The average molecular weight is 249 g/mol. The van der Waals surface area contributed by atoms with E-state index >= 15 is 0 Å². The van der Waals surface area contributed by atoms with Crippen molar-refractivity contribution in [2.75, 3.05) is 0 Å². The second kappa shape index (κ2) is 4.71. The quantitative estimate of drug-likeness (QED) is 0.807. The molecule has 1 aromatic heterocycles. The highest BCUT2D eigenvalue weighted by atomic mass is 16.2. The van der Waals surface area contributed by atoms with Crippen LogP contribution in [0.5, 0.6) is 0 Å². The van der Waals surface area contributed by atoms with E-state index in [1.54, 1.807) is 4.57 Å². The third-order valence-corrected chi connectivity index (χ3v) is 4.15. The molecule has 0 N–H and O–H groups in total. The molecule has 0 saturated heterocycles. The van der Waals surface area contributed by atoms with E-state index in [1.807, 2.05) is 0 Å². The molecule has 18 heavy (non-hydrogen) atoms. The monoisotopic (exact) mass is 249 g/mol. The van der Waals surface area contributed by atoms with Gasteiger partial charge in [0.2, 0.25) is 0 Å². The maximum atomic E-state index is 12.1. The minimum Gasteiger partial charge on any atom is -0.297 e. The molecule has 3 rings (SSSR count). The van der Waals surface area contributed by atoms with E-state index in [4.69, 9.17) is 0 Å². The molecule has 0 radical (unpaired) electrons. The molecule has 5 nitrogen and oxygen atoms in total. The van der Waals surface area contributed by atoms with Crippen LogP contribution >= 0.6 is 0 Å². The van der Waals surface area contributed by atoms with Gasteiger partial charge in [0.25, 0.3) is 0 Å². The second-order valence-electron chi connectivity index (χ2n) is 5.41. The summed E-state index contributed by atoms with van der Waals surface area (Å²) in [6, 6.07) is 0. The first kappa shape index (κ1) is 11.7. The van der Waals surface area contributed by atoms with Crippen molar-refractivity contribution in [2.45, 2.75) is 58.0 Å². The molecule has 0 spiro atoms. The number of carbonyl (C=O) groups is 1. The van der Waals surface area contributed by atoms with Crippen LogP contribution in [-0.2, 0) is 24.3 Å². The molecule has 1 saturated carbocycles. The summed E-state index contributed by atoms with van der Waals surface area (Å²) in [6.45, 7) is 0.926. The Morgan fingerprint density at radius 1 is 1.22 bits per heavy atom. The van der Waals surface area contributed by atoms with Gasteiger partial charge in [0, 0.05) is 18.9 Å². The molecule has 1 aliphatic heterocycles. The van der Waals surface area contributed by atoms with Crippen molar-refractivity contribution in [3.8, 4) is 0 Å². The number of nitrogens with zero attached hydrogens (tertiary/aromatic N) is 3. The number of aromatic nitrogens is 3. The number of hydrogen-bond acceptors (Lipinski definition) is 3. The van der Waals surface area contributed by atoms with Crippen LogP contribution in [0.3, 0.4) is 0 Å². The topological polar surface area (TPSA) is 56.9 Å². The number of rotatable bonds is 3. The lowest BCUT2D eigenvalue weighted by Gasteiger charge is -2.09. The SMILES string of the molecule is O=C(Cn1nc2n(c1=O)CCCC2)C1CCCC1. The number of carbonyl (C=O) groups excluding carboxylic acids is 1. The Hall–Kier alpha value is -1.39. The van der Waals surface area contributed by atoms with E-state index in [2.05, 4.69) is 5.10 Å². The van der Waals surface area contributed by atoms with Crippen LogP contribution in [0.2, 0.25) is 0 Å². The zero-order chi connectivity index (χ0) is 12.5. The van der Waals surface area contributed by atoms with Gasteiger partial charge in [-0.15, -0.1) is 0 Å². The minimum atomic E-state index is -0.101. The lowest BCUT2D eigenvalue weighted by molar-refractivity contribution is -0.123. The second-order valence-corrected chi connectivity index (χ2v) is 5.41. The van der Waals surface area contributed by atoms with Crippen LogP contribution in [0.4, 0.5) is 0 Å². The van der Waals surface area contributed by atoms with Gasteiger partial charge in [0.1, 0.15) is 12.4 Å². The summed E-state index contributed by atoms with van der Waals surface area (Å²) in [7, 11) is 0. The molecule has 2 aliphatic rings. The molecule has 0 bridgehead atoms. The van der Waals surface area contributed by atoms with E-state index in [1.165, 1.54) is 4.68 Å². The van der Waals surface area contributed by atoms with Gasteiger partial charge in [-0.3, -0.25) is 9.36 Å². The summed E-state index contributed by atoms with van der Waals surface area (Å²) >= 11 is 0.